The number of rotatable bonds is 3. The van der Waals surface area contributed by atoms with Crippen LogP contribution < -0.4 is 0 Å². The van der Waals surface area contributed by atoms with Gasteiger partial charge in [0.15, 0.2) is 0 Å². The van der Waals surface area contributed by atoms with Gasteiger partial charge in [-0.3, -0.25) is 0 Å². The molecule has 5 aromatic rings. The van der Waals surface area contributed by atoms with E-state index in [-0.39, 0.29) is 5.92 Å². The Balaban J connectivity index is 1.81. The number of halogens is 2. The van der Waals surface area contributed by atoms with Crippen LogP contribution in [0.1, 0.15) is 22.8 Å². The Morgan fingerprint density at radius 1 is 0.769 bits per heavy atom. The van der Waals surface area contributed by atoms with E-state index in [0.717, 1.165) is 25.7 Å². The van der Waals surface area contributed by atoms with Crippen LogP contribution in [0.15, 0.2) is 80.6 Å². The lowest BCUT2D eigenvalue weighted by atomic mass is 9.88. The number of aromatic amines is 2. The first-order valence-electron chi connectivity index (χ1n) is 8.27. The third-order valence-electron chi connectivity index (χ3n) is 4.80. The molecule has 0 radical (unpaired) electrons. The highest BCUT2D eigenvalue weighted by Crippen LogP contribution is 2.40. The minimum absolute atomic E-state index is 0.00361. The van der Waals surface area contributed by atoms with Crippen molar-refractivity contribution in [1.82, 2.24) is 9.97 Å². The highest BCUT2D eigenvalue weighted by molar-refractivity contribution is 9.10. The van der Waals surface area contributed by atoms with Gasteiger partial charge in [-0.1, -0.05) is 31.9 Å². The van der Waals surface area contributed by atoms with E-state index < -0.39 is 0 Å². The first kappa shape index (κ1) is 16.0. The van der Waals surface area contributed by atoms with Gasteiger partial charge in [-0.25, -0.2) is 0 Å². The molecule has 3 heterocycles. The molecule has 3 nitrogen and oxygen atoms in total. The van der Waals surface area contributed by atoms with Gasteiger partial charge in [0.1, 0.15) is 5.76 Å². The fraction of sp³-hybridized carbons (Fsp3) is 0.0476. The summed E-state index contributed by atoms with van der Waals surface area (Å²) in [6.07, 6.45) is 5.90. The summed E-state index contributed by atoms with van der Waals surface area (Å²) in [5.74, 6) is 0.919. The number of hydrogen-bond donors (Lipinski definition) is 2. The summed E-state index contributed by atoms with van der Waals surface area (Å²) in [4.78, 5) is 6.79. The predicted octanol–water partition coefficient (Wildman–Crippen LogP) is 6.95. The molecule has 0 saturated carbocycles. The zero-order valence-corrected chi connectivity index (χ0v) is 16.8. The Bertz CT molecular complexity index is 1140. The van der Waals surface area contributed by atoms with Gasteiger partial charge < -0.3 is 14.4 Å². The molecule has 0 aliphatic carbocycles. The average Bonchev–Trinajstić information content (AvgIpc) is 3.37. The van der Waals surface area contributed by atoms with Gasteiger partial charge in [-0.05, 0) is 59.7 Å². The molecule has 0 saturated heterocycles. The van der Waals surface area contributed by atoms with Gasteiger partial charge in [0.05, 0.1) is 12.2 Å². The van der Waals surface area contributed by atoms with E-state index in [4.69, 9.17) is 4.42 Å². The fourth-order valence-electron chi connectivity index (χ4n) is 3.64. The van der Waals surface area contributed by atoms with Gasteiger partial charge in [0.25, 0.3) is 0 Å². The van der Waals surface area contributed by atoms with E-state index in [9.17, 15) is 0 Å². The lowest BCUT2D eigenvalue weighted by Crippen LogP contribution is -2.01. The standard InChI is InChI=1S/C21H14Br2N2O/c22-12-3-5-18-14(8-12)16(10-24-18)21(20-2-1-7-26-20)17-11-25-19-6-4-13(23)9-15(17)19/h1-11,21,24-25H. The van der Waals surface area contributed by atoms with Crippen LogP contribution in [-0.4, -0.2) is 9.97 Å². The van der Waals surface area contributed by atoms with Crippen molar-refractivity contribution in [2.24, 2.45) is 0 Å². The zero-order valence-electron chi connectivity index (χ0n) is 13.6. The summed E-state index contributed by atoms with van der Waals surface area (Å²) < 4.78 is 7.97. The number of fused-ring (bicyclic) bond motifs is 2. The monoisotopic (exact) mass is 468 g/mol. The van der Waals surface area contributed by atoms with Crippen molar-refractivity contribution in [2.45, 2.75) is 5.92 Å². The maximum absolute atomic E-state index is 5.85. The second kappa shape index (κ2) is 6.18. The van der Waals surface area contributed by atoms with Crippen molar-refractivity contribution in [1.29, 1.82) is 0 Å². The van der Waals surface area contributed by atoms with E-state index >= 15 is 0 Å². The highest BCUT2D eigenvalue weighted by Gasteiger charge is 2.25. The molecule has 0 aliphatic rings. The third kappa shape index (κ3) is 2.54. The van der Waals surface area contributed by atoms with Crippen LogP contribution in [0, 0.1) is 0 Å². The molecule has 2 N–H and O–H groups in total. The summed E-state index contributed by atoms with van der Waals surface area (Å²) in [5.41, 5.74) is 4.61. The molecule has 0 bridgehead atoms. The highest BCUT2D eigenvalue weighted by atomic mass is 79.9. The third-order valence-corrected chi connectivity index (χ3v) is 5.79. The molecule has 3 aromatic heterocycles. The first-order valence-corrected chi connectivity index (χ1v) is 9.86. The van der Waals surface area contributed by atoms with Crippen molar-refractivity contribution in [3.8, 4) is 0 Å². The predicted molar refractivity (Wildman–Crippen MR) is 112 cm³/mol. The van der Waals surface area contributed by atoms with Crippen LogP contribution in [0.2, 0.25) is 0 Å². The SMILES string of the molecule is Brc1ccc2[nH]cc(C(c3ccco3)c3c[nH]c4ccc(Br)cc34)c2c1. The Morgan fingerprint density at radius 3 is 1.85 bits per heavy atom. The lowest BCUT2D eigenvalue weighted by molar-refractivity contribution is 0.504. The minimum Gasteiger partial charge on any atom is -0.468 e. The Kier molecular flexibility index (Phi) is 3.80. The van der Waals surface area contributed by atoms with E-state index in [1.165, 1.54) is 21.9 Å². The Hall–Kier alpha value is -2.24. The lowest BCUT2D eigenvalue weighted by Gasteiger charge is -2.14. The molecule has 5 heteroatoms. The quantitative estimate of drug-likeness (QED) is 0.295. The summed E-state index contributed by atoms with van der Waals surface area (Å²) in [6.45, 7) is 0. The molecular weight excluding hydrogens is 456 g/mol. The van der Waals surface area contributed by atoms with Gasteiger partial charge in [0.2, 0.25) is 0 Å². The largest absolute Gasteiger partial charge is 0.468 e. The summed E-state index contributed by atoms with van der Waals surface area (Å²) >= 11 is 7.20. The van der Waals surface area contributed by atoms with Crippen LogP contribution in [0.25, 0.3) is 21.8 Å². The van der Waals surface area contributed by atoms with Crippen LogP contribution >= 0.6 is 31.9 Å². The molecule has 5 rings (SSSR count). The van der Waals surface area contributed by atoms with Crippen molar-refractivity contribution < 1.29 is 4.42 Å². The van der Waals surface area contributed by atoms with E-state index in [1.807, 2.05) is 24.3 Å². The molecule has 0 unspecified atom stereocenters. The van der Waals surface area contributed by atoms with Crippen molar-refractivity contribution in [3.63, 3.8) is 0 Å². The molecule has 0 amide bonds. The summed E-state index contributed by atoms with van der Waals surface area (Å²) in [7, 11) is 0. The van der Waals surface area contributed by atoms with Crippen LogP contribution in [0.5, 0.6) is 0 Å². The van der Waals surface area contributed by atoms with Crippen molar-refractivity contribution in [2.75, 3.05) is 0 Å². The van der Waals surface area contributed by atoms with Crippen molar-refractivity contribution in [3.05, 3.63) is 93.0 Å². The molecule has 2 aromatic carbocycles. The smallest absolute Gasteiger partial charge is 0.115 e. The molecule has 0 atom stereocenters. The molecule has 0 fully saturated rings. The second-order valence-corrected chi connectivity index (χ2v) is 8.15. The van der Waals surface area contributed by atoms with Gasteiger partial charge in [-0.2, -0.15) is 0 Å². The number of H-pyrrole nitrogens is 2. The Labute approximate surface area is 166 Å². The normalized spacial score (nSPS) is 11.8. The maximum Gasteiger partial charge on any atom is 0.115 e. The van der Waals surface area contributed by atoms with E-state index in [0.29, 0.717) is 0 Å². The summed E-state index contributed by atoms with van der Waals surface area (Å²) in [5, 5.41) is 2.37. The summed E-state index contributed by atoms with van der Waals surface area (Å²) in [6, 6.07) is 16.6. The van der Waals surface area contributed by atoms with Gasteiger partial charge in [0, 0.05) is 43.1 Å². The topological polar surface area (TPSA) is 44.7 Å². The van der Waals surface area contributed by atoms with Crippen LogP contribution in [-0.2, 0) is 0 Å². The number of aromatic nitrogens is 2. The molecule has 0 aliphatic heterocycles. The average molecular weight is 470 g/mol. The van der Waals surface area contributed by atoms with E-state index in [2.05, 4.69) is 78.5 Å². The van der Waals surface area contributed by atoms with E-state index in [1.54, 1.807) is 6.26 Å². The second-order valence-electron chi connectivity index (χ2n) is 6.32. The molecule has 128 valence electrons. The van der Waals surface area contributed by atoms with Crippen molar-refractivity contribution >= 4 is 53.7 Å². The number of furan rings is 1. The molecule has 26 heavy (non-hydrogen) atoms. The first-order chi connectivity index (χ1) is 12.7. The van der Waals surface area contributed by atoms with Crippen LogP contribution in [0.3, 0.4) is 0 Å². The maximum atomic E-state index is 5.85. The zero-order chi connectivity index (χ0) is 17.7. The number of benzene rings is 2. The van der Waals surface area contributed by atoms with Crippen LogP contribution in [0.4, 0.5) is 0 Å². The number of nitrogens with one attached hydrogen (secondary N) is 2. The Morgan fingerprint density at radius 2 is 1.35 bits per heavy atom. The van der Waals surface area contributed by atoms with Gasteiger partial charge >= 0.3 is 0 Å². The molecule has 0 spiro atoms. The fourth-order valence-corrected chi connectivity index (χ4v) is 4.36. The minimum atomic E-state index is -0.00361. The molecular formula is C21H14Br2N2O. The van der Waals surface area contributed by atoms with Gasteiger partial charge in [-0.15, -0.1) is 0 Å². The number of hydrogen-bond acceptors (Lipinski definition) is 1.